The van der Waals surface area contributed by atoms with Crippen molar-refractivity contribution >= 4 is 17.3 Å². The van der Waals surface area contributed by atoms with E-state index in [2.05, 4.69) is 6.07 Å². The highest BCUT2D eigenvalue weighted by atomic mass is 16.2. The average molecular weight is 240 g/mol. The first-order valence-electron chi connectivity index (χ1n) is 5.60. The van der Waals surface area contributed by atoms with E-state index < -0.39 is 0 Å². The van der Waals surface area contributed by atoms with Crippen LogP contribution in [0.1, 0.15) is 12.0 Å². The zero-order valence-electron chi connectivity index (χ0n) is 10.1. The molecule has 0 fully saturated rings. The highest BCUT2D eigenvalue weighted by molar-refractivity contribution is 6.03. The van der Waals surface area contributed by atoms with E-state index in [1.807, 2.05) is 18.0 Å². The van der Waals surface area contributed by atoms with Crippen LogP contribution in [0.5, 0.6) is 0 Å². The highest BCUT2D eigenvalue weighted by Gasteiger charge is 2.27. The lowest BCUT2D eigenvalue weighted by Crippen LogP contribution is -2.44. The molecule has 0 atom stereocenters. The third-order valence-electron chi connectivity index (χ3n) is 2.93. The largest absolute Gasteiger partial charge is 0.364 e. The van der Waals surface area contributed by atoms with Crippen molar-refractivity contribution in [3.63, 3.8) is 0 Å². The van der Waals surface area contributed by atoms with Crippen molar-refractivity contribution in [2.45, 2.75) is 6.42 Å². The second-order valence-corrected chi connectivity index (χ2v) is 4.12. The van der Waals surface area contributed by atoms with Gasteiger partial charge in [-0.05, 0) is 18.2 Å². The highest BCUT2D eigenvalue weighted by Crippen LogP contribution is 2.33. The monoisotopic (exact) mass is 240 g/mol. The number of amides is 1. The van der Waals surface area contributed by atoms with Crippen LogP contribution in [0, 0.1) is 22.7 Å². The Bertz CT molecular complexity index is 567. The summed E-state index contributed by atoms with van der Waals surface area (Å²) in [5.74, 6) is -0.0232. The van der Waals surface area contributed by atoms with Crippen LogP contribution in [0.25, 0.3) is 0 Å². The van der Waals surface area contributed by atoms with Gasteiger partial charge in [-0.1, -0.05) is 0 Å². The Labute approximate surface area is 105 Å². The number of anilines is 2. The van der Waals surface area contributed by atoms with Crippen molar-refractivity contribution in [3.05, 3.63) is 23.8 Å². The van der Waals surface area contributed by atoms with Crippen LogP contribution in [0.2, 0.25) is 0 Å². The molecule has 1 aromatic carbocycles. The van der Waals surface area contributed by atoms with Crippen molar-refractivity contribution in [2.24, 2.45) is 0 Å². The molecule has 0 aromatic heterocycles. The second kappa shape index (κ2) is 4.77. The molecule has 1 heterocycles. The summed E-state index contributed by atoms with van der Waals surface area (Å²) in [5.41, 5.74) is 2.18. The van der Waals surface area contributed by atoms with Gasteiger partial charge in [0.2, 0.25) is 5.91 Å². The molecule has 1 aliphatic rings. The minimum atomic E-state index is -0.0232. The van der Waals surface area contributed by atoms with Crippen LogP contribution >= 0.6 is 0 Å². The maximum absolute atomic E-state index is 11.9. The zero-order valence-corrected chi connectivity index (χ0v) is 10.1. The third kappa shape index (κ3) is 1.99. The molecule has 0 unspecified atom stereocenters. The SMILES string of the molecule is CN1CC(=O)N(CCC#N)c2ccc(C#N)cc21. The third-order valence-corrected chi connectivity index (χ3v) is 2.93. The lowest BCUT2D eigenvalue weighted by molar-refractivity contribution is -0.117. The molecule has 5 nitrogen and oxygen atoms in total. The van der Waals surface area contributed by atoms with Gasteiger partial charge >= 0.3 is 0 Å². The number of hydrogen-bond acceptors (Lipinski definition) is 4. The predicted octanol–water partition coefficient (Wildman–Crippen LogP) is 1.25. The maximum Gasteiger partial charge on any atom is 0.246 e. The molecule has 5 heteroatoms. The number of nitrogens with zero attached hydrogens (tertiary/aromatic N) is 4. The van der Waals surface area contributed by atoms with Gasteiger partial charge in [-0.25, -0.2) is 0 Å². The van der Waals surface area contributed by atoms with Crippen molar-refractivity contribution in [1.29, 1.82) is 10.5 Å². The van der Waals surface area contributed by atoms with E-state index in [0.717, 1.165) is 11.4 Å². The van der Waals surface area contributed by atoms with Crippen LogP contribution in [0.15, 0.2) is 18.2 Å². The first kappa shape index (κ1) is 11.9. The number of likely N-dealkylation sites (N-methyl/N-ethyl adjacent to an activating group) is 1. The number of hydrogen-bond donors (Lipinski definition) is 0. The van der Waals surface area contributed by atoms with Gasteiger partial charge in [-0.2, -0.15) is 10.5 Å². The van der Waals surface area contributed by atoms with E-state index in [9.17, 15) is 4.79 Å². The van der Waals surface area contributed by atoms with Crippen LogP contribution < -0.4 is 9.80 Å². The van der Waals surface area contributed by atoms with E-state index in [1.165, 1.54) is 0 Å². The van der Waals surface area contributed by atoms with E-state index >= 15 is 0 Å². The zero-order chi connectivity index (χ0) is 13.1. The molecule has 90 valence electrons. The molecule has 0 spiro atoms. The summed E-state index contributed by atoms with van der Waals surface area (Å²) < 4.78 is 0. The minimum absolute atomic E-state index is 0.0232. The summed E-state index contributed by atoms with van der Waals surface area (Å²) in [5, 5.41) is 17.5. The van der Waals surface area contributed by atoms with Gasteiger partial charge in [0, 0.05) is 13.6 Å². The van der Waals surface area contributed by atoms with Gasteiger partial charge in [0.1, 0.15) is 0 Å². The lowest BCUT2D eigenvalue weighted by Gasteiger charge is -2.35. The maximum atomic E-state index is 11.9. The first-order valence-corrected chi connectivity index (χ1v) is 5.60. The summed E-state index contributed by atoms with van der Waals surface area (Å²) in [6, 6.07) is 9.34. The van der Waals surface area contributed by atoms with Gasteiger partial charge in [-0.3, -0.25) is 4.79 Å². The van der Waals surface area contributed by atoms with Gasteiger partial charge in [0.25, 0.3) is 0 Å². The predicted molar refractivity (Wildman–Crippen MR) is 67.0 cm³/mol. The molecule has 0 radical (unpaired) electrons. The fraction of sp³-hybridized carbons (Fsp3) is 0.308. The first-order chi connectivity index (χ1) is 8.67. The van der Waals surface area contributed by atoms with Gasteiger partial charge < -0.3 is 9.80 Å². The Morgan fingerprint density at radius 1 is 1.33 bits per heavy atom. The lowest BCUT2D eigenvalue weighted by atomic mass is 10.1. The molecule has 0 N–H and O–H groups in total. The van der Waals surface area contributed by atoms with Gasteiger partial charge in [0.05, 0.1) is 42.0 Å². The van der Waals surface area contributed by atoms with E-state index in [0.29, 0.717) is 18.5 Å². The summed E-state index contributed by atoms with van der Waals surface area (Å²) in [6.07, 6.45) is 0.300. The molecular formula is C13H12N4O. The Hall–Kier alpha value is -2.53. The van der Waals surface area contributed by atoms with Gasteiger partial charge in [0.15, 0.2) is 0 Å². The number of carbonyl (C=O) groups excluding carboxylic acids is 1. The molecule has 0 bridgehead atoms. The molecule has 0 saturated carbocycles. The number of nitriles is 2. The summed E-state index contributed by atoms with van der Waals surface area (Å²) in [7, 11) is 1.82. The van der Waals surface area contributed by atoms with Crippen molar-refractivity contribution in [1.82, 2.24) is 0 Å². The fourth-order valence-corrected chi connectivity index (χ4v) is 2.04. The molecule has 0 aliphatic carbocycles. The van der Waals surface area contributed by atoms with Crippen molar-refractivity contribution < 1.29 is 4.79 Å². The Morgan fingerprint density at radius 3 is 2.78 bits per heavy atom. The molecule has 1 amide bonds. The van der Waals surface area contributed by atoms with E-state index in [1.54, 1.807) is 23.1 Å². The summed E-state index contributed by atoms with van der Waals surface area (Å²) in [4.78, 5) is 15.4. The number of fused-ring (bicyclic) bond motifs is 1. The number of benzene rings is 1. The Balaban J connectivity index is 2.43. The summed E-state index contributed by atoms with van der Waals surface area (Å²) >= 11 is 0. The quantitative estimate of drug-likeness (QED) is 0.780. The number of rotatable bonds is 2. The summed E-state index contributed by atoms with van der Waals surface area (Å²) in [6.45, 7) is 0.662. The number of carbonyl (C=O) groups is 1. The van der Waals surface area contributed by atoms with E-state index in [4.69, 9.17) is 10.5 Å². The molecule has 2 rings (SSSR count). The molecule has 1 aromatic rings. The van der Waals surface area contributed by atoms with Gasteiger partial charge in [-0.15, -0.1) is 0 Å². The molecule has 1 aliphatic heterocycles. The fourth-order valence-electron chi connectivity index (χ4n) is 2.04. The average Bonchev–Trinajstić information content (AvgIpc) is 2.38. The standard InChI is InChI=1S/C13H12N4O/c1-16-9-13(18)17(6-2-5-14)11-4-3-10(8-15)7-12(11)16/h3-4,7H,2,6,9H2,1H3. The normalized spacial score (nSPS) is 13.8. The van der Waals surface area contributed by atoms with Crippen LogP contribution in [-0.2, 0) is 4.79 Å². The molecule has 18 heavy (non-hydrogen) atoms. The topological polar surface area (TPSA) is 71.1 Å². The molecular weight excluding hydrogens is 228 g/mol. The molecule has 0 saturated heterocycles. The van der Waals surface area contributed by atoms with Crippen LogP contribution in [-0.4, -0.2) is 26.0 Å². The van der Waals surface area contributed by atoms with Crippen LogP contribution in [0.3, 0.4) is 0 Å². The van der Waals surface area contributed by atoms with Crippen molar-refractivity contribution in [3.8, 4) is 12.1 Å². The van der Waals surface area contributed by atoms with E-state index in [-0.39, 0.29) is 12.5 Å². The van der Waals surface area contributed by atoms with Crippen LogP contribution in [0.4, 0.5) is 11.4 Å². The minimum Gasteiger partial charge on any atom is -0.364 e. The smallest absolute Gasteiger partial charge is 0.246 e. The Morgan fingerprint density at radius 2 is 2.11 bits per heavy atom. The Kier molecular flexibility index (Phi) is 3.16. The van der Waals surface area contributed by atoms with Crippen molar-refractivity contribution in [2.75, 3.05) is 29.9 Å². The second-order valence-electron chi connectivity index (χ2n) is 4.12.